The number of rotatable bonds is 8. The SMILES string of the molecule is COc1ccc(OC)c(C(CNC(=O)c2cc(-c3ccccc3)on2)N2CCCCC2)c1. The number of hydrogen-bond acceptors (Lipinski definition) is 6. The highest BCUT2D eigenvalue weighted by Crippen LogP contribution is 2.34. The van der Waals surface area contributed by atoms with Gasteiger partial charge in [-0.05, 0) is 44.1 Å². The van der Waals surface area contributed by atoms with Gasteiger partial charge in [0.2, 0.25) is 0 Å². The highest BCUT2D eigenvalue weighted by atomic mass is 16.5. The molecular weight excluding hydrogens is 406 g/mol. The molecule has 1 N–H and O–H groups in total. The number of aromatic nitrogens is 1. The maximum Gasteiger partial charge on any atom is 0.273 e. The Labute approximate surface area is 188 Å². The first-order valence-corrected chi connectivity index (χ1v) is 11.0. The van der Waals surface area contributed by atoms with Crippen molar-refractivity contribution in [2.24, 2.45) is 0 Å². The third kappa shape index (κ3) is 4.94. The lowest BCUT2D eigenvalue weighted by Crippen LogP contribution is -2.40. The number of ether oxygens (including phenoxy) is 2. The van der Waals surface area contributed by atoms with Crippen molar-refractivity contribution in [2.75, 3.05) is 33.9 Å². The first kappa shape index (κ1) is 21.9. The largest absolute Gasteiger partial charge is 0.497 e. The molecule has 0 saturated carbocycles. The van der Waals surface area contributed by atoms with Gasteiger partial charge in [0, 0.05) is 23.7 Å². The molecule has 7 heteroatoms. The molecule has 1 aliphatic heterocycles. The Kier molecular flexibility index (Phi) is 7.07. The van der Waals surface area contributed by atoms with Crippen molar-refractivity contribution >= 4 is 5.91 Å². The van der Waals surface area contributed by atoms with Crippen LogP contribution in [0.3, 0.4) is 0 Å². The molecule has 4 rings (SSSR count). The molecule has 32 heavy (non-hydrogen) atoms. The molecule has 1 atom stereocenters. The van der Waals surface area contributed by atoms with Gasteiger partial charge in [-0.25, -0.2) is 0 Å². The van der Waals surface area contributed by atoms with Crippen LogP contribution in [0.15, 0.2) is 59.1 Å². The number of likely N-dealkylation sites (tertiary alicyclic amines) is 1. The second kappa shape index (κ2) is 10.3. The van der Waals surface area contributed by atoms with E-state index < -0.39 is 0 Å². The standard InChI is InChI=1S/C25H29N3O4/c1-30-19-11-12-23(31-2)20(15-19)22(28-13-7-4-8-14-28)17-26-25(29)21-16-24(32-27-21)18-9-5-3-6-10-18/h3,5-6,9-12,15-16,22H,4,7-8,13-14,17H2,1-2H3,(H,26,29). The number of amides is 1. The second-order valence-electron chi connectivity index (χ2n) is 7.87. The number of carbonyl (C=O) groups excluding carboxylic acids is 1. The molecule has 0 spiro atoms. The van der Waals surface area contributed by atoms with Gasteiger partial charge in [0.25, 0.3) is 5.91 Å². The summed E-state index contributed by atoms with van der Waals surface area (Å²) in [5.74, 6) is 1.85. The average molecular weight is 436 g/mol. The fraction of sp³-hybridized carbons (Fsp3) is 0.360. The van der Waals surface area contributed by atoms with E-state index in [1.807, 2.05) is 48.5 Å². The van der Waals surface area contributed by atoms with Crippen LogP contribution in [0.2, 0.25) is 0 Å². The molecular formula is C25H29N3O4. The van der Waals surface area contributed by atoms with Crippen LogP contribution >= 0.6 is 0 Å². The summed E-state index contributed by atoms with van der Waals surface area (Å²) in [5, 5.41) is 7.02. The van der Waals surface area contributed by atoms with Crippen LogP contribution in [0.5, 0.6) is 11.5 Å². The molecule has 1 aromatic heterocycles. The molecule has 168 valence electrons. The molecule has 1 saturated heterocycles. The van der Waals surface area contributed by atoms with Crippen molar-refractivity contribution in [3.05, 3.63) is 65.9 Å². The topological polar surface area (TPSA) is 76.8 Å². The van der Waals surface area contributed by atoms with Gasteiger partial charge in [-0.1, -0.05) is 41.9 Å². The molecule has 2 heterocycles. The van der Waals surface area contributed by atoms with Crippen molar-refractivity contribution in [3.63, 3.8) is 0 Å². The van der Waals surface area contributed by atoms with Crippen molar-refractivity contribution in [2.45, 2.75) is 25.3 Å². The zero-order valence-corrected chi connectivity index (χ0v) is 18.5. The molecule has 7 nitrogen and oxygen atoms in total. The number of nitrogens with zero attached hydrogens (tertiary/aromatic N) is 2. The van der Waals surface area contributed by atoms with Gasteiger partial charge < -0.3 is 19.3 Å². The number of carbonyl (C=O) groups is 1. The van der Waals surface area contributed by atoms with Crippen molar-refractivity contribution < 1.29 is 18.8 Å². The zero-order chi connectivity index (χ0) is 22.3. The van der Waals surface area contributed by atoms with Gasteiger partial charge in [0.1, 0.15) is 11.5 Å². The van der Waals surface area contributed by atoms with Crippen LogP contribution < -0.4 is 14.8 Å². The van der Waals surface area contributed by atoms with Gasteiger partial charge in [0.05, 0.1) is 20.3 Å². The van der Waals surface area contributed by atoms with Crippen LogP contribution in [0.4, 0.5) is 0 Å². The Hall–Kier alpha value is -3.32. The quantitative estimate of drug-likeness (QED) is 0.568. The summed E-state index contributed by atoms with van der Waals surface area (Å²) >= 11 is 0. The lowest BCUT2D eigenvalue weighted by molar-refractivity contribution is 0.0914. The van der Waals surface area contributed by atoms with Crippen LogP contribution in [-0.2, 0) is 0 Å². The van der Waals surface area contributed by atoms with E-state index in [0.29, 0.717) is 12.3 Å². The summed E-state index contributed by atoms with van der Waals surface area (Å²) in [6.45, 7) is 2.38. The normalized spacial score (nSPS) is 15.2. The summed E-state index contributed by atoms with van der Waals surface area (Å²) in [5.41, 5.74) is 2.14. The number of piperidine rings is 1. The third-order valence-corrected chi connectivity index (χ3v) is 5.88. The van der Waals surface area contributed by atoms with E-state index in [0.717, 1.165) is 48.6 Å². The Morgan fingerprint density at radius 2 is 1.84 bits per heavy atom. The summed E-state index contributed by atoms with van der Waals surface area (Å²) in [4.78, 5) is 15.3. The molecule has 0 radical (unpaired) electrons. The van der Waals surface area contributed by atoms with E-state index >= 15 is 0 Å². The summed E-state index contributed by atoms with van der Waals surface area (Å²) < 4.78 is 16.5. The van der Waals surface area contributed by atoms with E-state index in [1.165, 1.54) is 6.42 Å². The van der Waals surface area contributed by atoms with Gasteiger partial charge in [-0.3, -0.25) is 9.69 Å². The van der Waals surface area contributed by atoms with Crippen molar-refractivity contribution in [1.29, 1.82) is 0 Å². The maximum absolute atomic E-state index is 12.9. The van der Waals surface area contributed by atoms with Crippen LogP contribution in [0.1, 0.15) is 41.4 Å². The molecule has 1 unspecified atom stereocenters. The molecule has 1 fully saturated rings. The summed E-state index contributed by atoms with van der Waals surface area (Å²) in [7, 11) is 3.32. The predicted molar refractivity (Wildman–Crippen MR) is 122 cm³/mol. The minimum Gasteiger partial charge on any atom is -0.497 e. The smallest absolute Gasteiger partial charge is 0.273 e. The first-order chi connectivity index (χ1) is 15.7. The molecule has 1 aliphatic rings. The van der Waals surface area contributed by atoms with Crippen LogP contribution in [0, 0.1) is 0 Å². The lowest BCUT2D eigenvalue weighted by Gasteiger charge is -2.35. The van der Waals surface area contributed by atoms with Gasteiger partial charge in [-0.2, -0.15) is 0 Å². The Morgan fingerprint density at radius 3 is 2.56 bits per heavy atom. The monoisotopic (exact) mass is 435 g/mol. The number of methoxy groups -OCH3 is 2. The Morgan fingerprint density at radius 1 is 1.06 bits per heavy atom. The van der Waals surface area contributed by atoms with Gasteiger partial charge in [0.15, 0.2) is 11.5 Å². The molecule has 0 aliphatic carbocycles. The number of hydrogen-bond donors (Lipinski definition) is 1. The fourth-order valence-corrected chi connectivity index (χ4v) is 4.17. The summed E-state index contributed by atoms with van der Waals surface area (Å²) in [6.07, 6.45) is 3.51. The molecule has 0 bridgehead atoms. The molecule has 1 amide bonds. The fourth-order valence-electron chi connectivity index (χ4n) is 4.17. The van der Waals surface area contributed by atoms with Crippen molar-refractivity contribution in [3.8, 4) is 22.8 Å². The van der Waals surface area contributed by atoms with Gasteiger partial charge >= 0.3 is 0 Å². The number of benzene rings is 2. The summed E-state index contributed by atoms with van der Waals surface area (Å²) in [6, 6.07) is 17.0. The lowest BCUT2D eigenvalue weighted by atomic mass is 10.00. The van der Waals surface area contributed by atoms with Crippen molar-refractivity contribution in [1.82, 2.24) is 15.4 Å². The highest BCUT2D eigenvalue weighted by molar-refractivity contribution is 5.93. The van der Waals surface area contributed by atoms with Crippen LogP contribution in [-0.4, -0.2) is 49.8 Å². The molecule has 2 aromatic carbocycles. The molecule has 3 aromatic rings. The zero-order valence-electron chi connectivity index (χ0n) is 18.5. The third-order valence-electron chi connectivity index (χ3n) is 5.88. The second-order valence-corrected chi connectivity index (χ2v) is 7.87. The van der Waals surface area contributed by atoms with Crippen LogP contribution in [0.25, 0.3) is 11.3 Å². The van der Waals surface area contributed by atoms with E-state index in [2.05, 4.69) is 15.4 Å². The first-order valence-electron chi connectivity index (χ1n) is 11.0. The van der Waals surface area contributed by atoms with Gasteiger partial charge in [-0.15, -0.1) is 0 Å². The van der Waals surface area contributed by atoms with E-state index in [9.17, 15) is 4.79 Å². The Balaban J connectivity index is 1.53. The number of nitrogens with one attached hydrogen (secondary N) is 1. The Bertz CT molecular complexity index is 1030. The average Bonchev–Trinajstić information content (AvgIpc) is 3.36. The highest BCUT2D eigenvalue weighted by Gasteiger charge is 2.27. The van der Waals surface area contributed by atoms with E-state index in [-0.39, 0.29) is 17.6 Å². The minimum absolute atomic E-state index is 0.0372. The van der Waals surface area contributed by atoms with E-state index in [1.54, 1.807) is 20.3 Å². The van der Waals surface area contributed by atoms with E-state index in [4.69, 9.17) is 14.0 Å². The predicted octanol–water partition coefficient (Wildman–Crippen LogP) is 4.32. The maximum atomic E-state index is 12.9. The minimum atomic E-state index is -0.264.